The number of anilines is 1. The molecule has 1 atom stereocenters. The number of rotatable bonds is 3. The number of amides is 4. The van der Waals surface area contributed by atoms with Gasteiger partial charge in [0.2, 0.25) is 11.8 Å². The molecule has 1 aromatic heterocycles. The van der Waals surface area contributed by atoms with Gasteiger partial charge in [0.15, 0.2) is 5.13 Å². The van der Waals surface area contributed by atoms with Gasteiger partial charge < -0.3 is 5.32 Å². The van der Waals surface area contributed by atoms with Crippen LogP contribution in [0, 0.1) is 0 Å². The van der Waals surface area contributed by atoms with Crippen molar-refractivity contribution in [3.8, 4) is 0 Å². The molecule has 2 N–H and O–H groups in total. The molecule has 8 nitrogen and oxygen atoms in total. The van der Waals surface area contributed by atoms with Crippen LogP contribution >= 0.6 is 11.3 Å². The molecule has 3 heterocycles. The molecule has 1 aromatic rings. The number of hydrogen-bond acceptors (Lipinski definition) is 7. The van der Waals surface area contributed by atoms with E-state index in [1.54, 1.807) is 11.6 Å². The lowest BCUT2D eigenvalue weighted by Gasteiger charge is -2.28. The average Bonchev–Trinajstić information content (AvgIpc) is 3.02. The van der Waals surface area contributed by atoms with Gasteiger partial charge in [-0.05, 0) is 6.42 Å². The number of thiazole rings is 1. The summed E-state index contributed by atoms with van der Waals surface area (Å²) >= 11 is 1.28. The monoisotopic (exact) mass is 306 g/mol. The Bertz CT molecular complexity index is 667. The molecule has 1 unspecified atom stereocenters. The van der Waals surface area contributed by atoms with Gasteiger partial charge in [-0.1, -0.05) is 0 Å². The number of aromatic nitrogens is 1. The Balaban J connectivity index is 1.77. The van der Waals surface area contributed by atoms with Crippen LogP contribution in [0.25, 0.3) is 0 Å². The number of nitrogens with one attached hydrogen (secondary N) is 2. The van der Waals surface area contributed by atoms with Gasteiger partial charge in [-0.3, -0.25) is 29.4 Å². The first-order chi connectivity index (χ1) is 10.1. The van der Waals surface area contributed by atoms with Crippen LogP contribution in [0.5, 0.6) is 0 Å². The predicted octanol–water partition coefficient (Wildman–Crippen LogP) is -0.387. The molecule has 0 saturated carbocycles. The van der Waals surface area contributed by atoms with Gasteiger partial charge >= 0.3 is 0 Å². The van der Waals surface area contributed by atoms with Crippen LogP contribution in [0.3, 0.4) is 0 Å². The van der Waals surface area contributed by atoms with Crippen molar-refractivity contribution in [3.05, 3.63) is 23.3 Å². The lowest BCUT2D eigenvalue weighted by molar-refractivity contribution is -0.149. The summed E-state index contributed by atoms with van der Waals surface area (Å²) in [5, 5.41) is 7.08. The Hall–Kier alpha value is -2.55. The van der Waals surface area contributed by atoms with Gasteiger partial charge in [-0.2, -0.15) is 0 Å². The lowest BCUT2D eigenvalue weighted by Crippen LogP contribution is -2.54. The van der Waals surface area contributed by atoms with E-state index in [0.717, 1.165) is 11.0 Å². The highest BCUT2D eigenvalue weighted by atomic mass is 32.1. The second-order valence-electron chi connectivity index (χ2n) is 4.50. The zero-order valence-corrected chi connectivity index (χ0v) is 11.5. The smallest absolute Gasteiger partial charge is 0.278 e. The number of carbonyl (C=O) groups excluding carboxylic acids is 4. The predicted molar refractivity (Wildman–Crippen MR) is 71.8 cm³/mol. The lowest BCUT2D eigenvalue weighted by atomic mass is 10.0. The van der Waals surface area contributed by atoms with Gasteiger partial charge in [-0.25, -0.2) is 4.98 Å². The van der Waals surface area contributed by atoms with Gasteiger partial charge in [0.25, 0.3) is 11.8 Å². The molecule has 2 aliphatic heterocycles. The van der Waals surface area contributed by atoms with Crippen molar-refractivity contribution >= 4 is 40.1 Å². The van der Waals surface area contributed by atoms with Crippen LogP contribution in [-0.2, 0) is 19.2 Å². The van der Waals surface area contributed by atoms with E-state index in [4.69, 9.17) is 0 Å². The Labute approximate surface area is 122 Å². The van der Waals surface area contributed by atoms with Crippen molar-refractivity contribution in [1.82, 2.24) is 15.2 Å². The molecule has 21 heavy (non-hydrogen) atoms. The van der Waals surface area contributed by atoms with Crippen LogP contribution in [-0.4, -0.2) is 39.6 Å². The number of imide groups is 2. The highest BCUT2D eigenvalue weighted by molar-refractivity contribution is 7.13. The van der Waals surface area contributed by atoms with Crippen LogP contribution in [0.15, 0.2) is 23.3 Å². The summed E-state index contributed by atoms with van der Waals surface area (Å²) in [4.78, 5) is 51.9. The standard InChI is InChI=1S/C12H10N4O4S/c17-8-2-1-7(10(19)15-8)16-9(18)5-6(11(16)20)14-12-13-3-4-21-12/h3-5,7H,1-2H2,(H,13,14)(H,15,17,19). The zero-order valence-electron chi connectivity index (χ0n) is 10.7. The number of carbonyl (C=O) groups is 4. The summed E-state index contributed by atoms with van der Waals surface area (Å²) in [5.74, 6) is -2.19. The Morgan fingerprint density at radius 1 is 1.33 bits per heavy atom. The van der Waals surface area contributed by atoms with Crippen molar-refractivity contribution in [2.24, 2.45) is 0 Å². The number of nitrogens with zero attached hydrogens (tertiary/aromatic N) is 2. The topological polar surface area (TPSA) is 108 Å². The first-order valence-corrected chi connectivity index (χ1v) is 7.03. The van der Waals surface area contributed by atoms with Crippen molar-refractivity contribution in [2.45, 2.75) is 18.9 Å². The Morgan fingerprint density at radius 2 is 2.14 bits per heavy atom. The maximum atomic E-state index is 12.3. The summed E-state index contributed by atoms with van der Waals surface area (Å²) in [7, 11) is 0. The van der Waals surface area contributed by atoms with Crippen molar-refractivity contribution in [1.29, 1.82) is 0 Å². The molecule has 9 heteroatoms. The molecule has 0 aliphatic carbocycles. The second-order valence-corrected chi connectivity index (χ2v) is 5.40. The summed E-state index contributed by atoms with van der Waals surface area (Å²) in [5.41, 5.74) is 0.0691. The minimum atomic E-state index is -0.949. The molecule has 0 aromatic carbocycles. The zero-order chi connectivity index (χ0) is 15.0. The molecule has 108 valence electrons. The summed E-state index contributed by atoms with van der Waals surface area (Å²) in [6, 6.07) is -0.949. The molecule has 3 rings (SSSR count). The molecule has 1 fully saturated rings. The highest BCUT2D eigenvalue weighted by Gasteiger charge is 2.42. The van der Waals surface area contributed by atoms with E-state index in [-0.39, 0.29) is 18.5 Å². The molecular weight excluding hydrogens is 296 g/mol. The molecule has 0 radical (unpaired) electrons. The molecule has 0 bridgehead atoms. The van der Waals surface area contributed by atoms with Crippen LogP contribution in [0.4, 0.5) is 5.13 Å². The van der Waals surface area contributed by atoms with Gasteiger partial charge in [-0.15, -0.1) is 11.3 Å². The third-order valence-electron chi connectivity index (χ3n) is 3.15. The molecule has 2 aliphatic rings. The first-order valence-electron chi connectivity index (χ1n) is 6.15. The third kappa shape index (κ3) is 2.42. The van der Waals surface area contributed by atoms with Crippen molar-refractivity contribution < 1.29 is 19.2 Å². The molecular formula is C12H10N4O4S. The summed E-state index contributed by atoms with van der Waals surface area (Å²) < 4.78 is 0. The maximum Gasteiger partial charge on any atom is 0.278 e. The fourth-order valence-corrected chi connectivity index (χ4v) is 2.74. The normalized spacial score (nSPS) is 22.4. The van der Waals surface area contributed by atoms with Crippen LogP contribution < -0.4 is 10.6 Å². The largest absolute Gasteiger partial charge is 0.327 e. The van der Waals surface area contributed by atoms with Gasteiger partial charge in [0.1, 0.15) is 11.7 Å². The Morgan fingerprint density at radius 3 is 2.81 bits per heavy atom. The molecule has 0 spiro atoms. The maximum absolute atomic E-state index is 12.3. The third-order valence-corrected chi connectivity index (χ3v) is 3.84. The first kappa shape index (κ1) is 13.4. The van der Waals surface area contributed by atoms with Gasteiger partial charge in [0.05, 0.1) is 0 Å². The van der Waals surface area contributed by atoms with Crippen molar-refractivity contribution in [3.63, 3.8) is 0 Å². The fourth-order valence-electron chi connectivity index (χ4n) is 2.20. The average molecular weight is 306 g/mol. The SMILES string of the molecule is O=C1CCC(N2C(=O)C=C(Nc3nccs3)C2=O)C(=O)N1. The highest BCUT2D eigenvalue weighted by Crippen LogP contribution is 2.23. The van der Waals surface area contributed by atoms with Crippen molar-refractivity contribution in [2.75, 3.05) is 5.32 Å². The molecule has 4 amide bonds. The fraction of sp³-hybridized carbons (Fsp3) is 0.250. The number of hydrogen-bond donors (Lipinski definition) is 2. The summed E-state index contributed by atoms with van der Waals surface area (Å²) in [6.45, 7) is 0. The van der Waals surface area contributed by atoms with E-state index in [1.165, 1.54) is 11.3 Å². The van der Waals surface area contributed by atoms with E-state index in [2.05, 4.69) is 15.6 Å². The quantitative estimate of drug-likeness (QED) is 0.736. The second kappa shape index (κ2) is 5.09. The van der Waals surface area contributed by atoms with E-state index in [9.17, 15) is 19.2 Å². The Kier molecular flexibility index (Phi) is 3.26. The minimum absolute atomic E-state index is 0.0691. The van der Waals surface area contributed by atoms with Crippen LogP contribution in [0.2, 0.25) is 0 Å². The van der Waals surface area contributed by atoms with E-state index >= 15 is 0 Å². The summed E-state index contributed by atoms with van der Waals surface area (Å²) in [6.07, 6.45) is 2.93. The number of piperidine rings is 1. The minimum Gasteiger partial charge on any atom is -0.327 e. The van der Waals surface area contributed by atoms with Gasteiger partial charge in [0, 0.05) is 24.1 Å². The van der Waals surface area contributed by atoms with Crippen LogP contribution in [0.1, 0.15) is 12.8 Å². The van der Waals surface area contributed by atoms with E-state index < -0.39 is 29.7 Å². The van der Waals surface area contributed by atoms with E-state index in [1.807, 2.05) is 0 Å². The van der Waals surface area contributed by atoms with E-state index in [0.29, 0.717) is 5.13 Å². The molecule has 1 saturated heterocycles.